The Bertz CT molecular complexity index is 279. The van der Waals surface area contributed by atoms with Crippen molar-refractivity contribution in [3.05, 3.63) is 38.6 Å². The number of halogens is 3. The van der Waals surface area contributed by atoms with E-state index >= 15 is 0 Å². The van der Waals surface area contributed by atoms with Crippen LogP contribution >= 0.6 is 0 Å². The summed E-state index contributed by atoms with van der Waals surface area (Å²) < 4.78 is 34.9. The van der Waals surface area contributed by atoms with E-state index in [0.29, 0.717) is 6.42 Å². The fraction of sp³-hybridized carbons (Fsp3) is 0.765. The van der Waals surface area contributed by atoms with Gasteiger partial charge in [-0.25, -0.2) is 0 Å². The second kappa shape index (κ2) is 26.8. The quantitative estimate of drug-likeness (QED) is 0.292. The molecule has 0 saturated heterocycles. The van der Waals surface area contributed by atoms with Gasteiger partial charge in [-0.2, -0.15) is 39.3 Å². The molecule has 0 spiro atoms. The molecule has 0 atom stereocenters. The van der Waals surface area contributed by atoms with Gasteiger partial charge in [0.25, 0.3) is 0 Å². The molecule has 0 heterocycles. The van der Waals surface area contributed by atoms with Gasteiger partial charge in [-0.3, -0.25) is 0 Å². The van der Waals surface area contributed by atoms with Gasteiger partial charge >= 0.3 is 80.4 Å². The van der Waals surface area contributed by atoms with Crippen molar-refractivity contribution in [2.75, 3.05) is 39.3 Å². The van der Waals surface area contributed by atoms with Crippen LogP contribution in [0.1, 0.15) is 48.0 Å². The second-order valence-electron chi connectivity index (χ2n) is 4.26. The van der Waals surface area contributed by atoms with Crippen LogP contribution in [0.3, 0.4) is 0 Å². The van der Waals surface area contributed by atoms with Gasteiger partial charge in [0.2, 0.25) is 0 Å². The maximum absolute atomic E-state index is 11.8. The van der Waals surface area contributed by atoms with Crippen molar-refractivity contribution in [2.24, 2.45) is 0 Å². The molecule has 0 bridgehead atoms. The third kappa shape index (κ3) is 32.7. The van der Waals surface area contributed by atoms with Crippen LogP contribution in [-0.4, -0.2) is 53.9 Å². The first-order chi connectivity index (χ1) is 11.3. The molecule has 0 N–H and O–H groups in total. The van der Waals surface area contributed by atoms with E-state index in [9.17, 15) is 10.5 Å². The van der Waals surface area contributed by atoms with Crippen LogP contribution in [0.2, 0.25) is 0 Å². The summed E-state index contributed by atoms with van der Waals surface area (Å²) >= 11 is -5.96. The van der Waals surface area contributed by atoms with Crippen LogP contribution in [0.15, 0.2) is 16.6 Å². The number of nitrogens with zero attached hydrogens (tertiary/aromatic N) is 3. The molecule has 0 aromatic rings. The Labute approximate surface area is 176 Å². The van der Waals surface area contributed by atoms with Crippen molar-refractivity contribution in [3.63, 3.8) is 0 Å². The molecule has 8 heteroatoms. The standard InChI is InChI=1S/C5H4F3Ge.3C4H10N.Zr/c6-9(7,8)5-3-1-2-4-5;3*1-3-5-4-2;/h1,3H,2H2;3*3-4H2,1-2H3;/q4*-1;+4. The summed E-state index contributed by atoms with van der Waals surface area (Å²) in [5.74, 6) is 0. The van der Waals surface area contributed by atoms with Crippen molar-refractivity contribution >= 4 is 14.7 Å². The molecule has 1 aliphatic carbocycles. The van der Waals surface area contributed by atoms with Gasteiger partial charge in [0.1, 0.15) is 0 Å². The summed E-state index contributed by atoms with van der Waals surface area (Å²) in [4.78, 5) is 0. The molecule has 0 fully saturated rings. The molecule has 1 rings (SSSR count). The normalized spacial score (nSPS) is 11.6. The van der Waals surface area contributed by atoms with Crippen LogP contribution in [-0.2, 0) is 26.2 Å². The van der Waals surface area contributed by atoms with Gasteiger partial charge in [-0.1, -0.05) is 41.5 Å². The minimum absolute atomic E-state index is 0. The van der Waals surface area contributed by atoms with Crippen molar-refractivity contribution in [3.8, 4) is 0 Å². The zero-order valence-corrected chi connectivity index (χ0v) is 21.1. The first-order valence-electron chi connectivity index (χ1n) is 8.59. The van der Waals surface area contributed by atoms with E-state index in [-0.39, 0.29) is 26.2 Å². The molecular formula is C17H34F3GeN3Zr. The number of hydrogen-bond acceptors (Lipinski definition) is 0. The van der Waals surface area contributed by atoms with E-state index in [1.54, 1.807) is 0 Å². The molecule has 0 aromatic carbocycles. The molecule has 0 amide bonds. The van der Waals surface area contributed by atoms with Crippen LogP contribution in [0, 0.1) is 6.08 Å². The first-order valence-corrected chi connectivity index (χ1v) is 12.0. The second-order valence-corrected chi connectivity index (χ2v) is 7.48. The van der Waals surface area contributed by atoms with E-state index in [4.69, 9.17) is 0 Å². The van der Waals surface area contributed by atoms with Crippen molar-refractivity contribution in [2.45, 2.75) is 48.0 Å². The van der Waals surface area contributed by atoms with Crippen LogP contribution in [0.5, 0.6) is 0 Å². The number of allylic oxidation sites excluding steroid dienone is 4. The zero-order chi connectivity index (χ0) is 19.3. The first kappa shape index (κ1) is 33.2. The third-order valence-corrected chi connectivity index (χ3v) is 4.34. The summed E-state index contributed by atoms with van der Waals surface area (Å²) in [5, 5.41) is 11.9. The van der Waals surface area contributed by atoms with E-state index in [2.05, 4.69) is 22.0 Å². The minimum Gasteiger partial charge on any atom is 4.00 e. The fourth-order valence-electron chi connectivity index (χ4n) is 1.27. The average molecular weight is 501 g/mol. The molecule has 0 radical (unpaired) electrons. The fourth-order valence-corrected chi connectivity index (χ4v) is 2.55. The SMILES string of the molecule is CC[N-]CC.CC[N-]CC.CC[N-]CC.[F][Ge]([F])([F])[C]1=[C-]CC=C1.[Zr+4]. The average Bonchev–Trinajstić information content (AvgIpc) is 3.06. The number of rotatable bonds is 7. The maximum atomic E-state index is 11.8. The zero-order valence-electron chi connectivity index (χ0n) is 16.6. The van der Waals surface area contributed by atoms with Crippen LogP contribution in [0.4, 0.5) is 10.5 Å². The molecule has 0 saturated carbocycles. The van der Waals surface area contributed by atoms with E-state index in [1.807, 2.05) is 41.5 Å². The van der Waals surface area contributed by atoms with Gasteiger partial charge in [0.15, 0.2) is 0 Å². The Hall–Kier alpha value is 0.576. The van der Waals surface area contributed by atoms with E-state index in [0.717, 1.165) is 45.3 Å². The predicted octanol–water partition coefficient (Wildman–Crippen LogP) is 6.26. The topological polar surface area (TPSA) is 42.3 Å². The molecule has 1 aliphatic rings. The Morgan fingerprint density at radius 3 is 1.20 bits per heavy atom. The van der Waals surface area contributed by atoms with Gasteiger partial charge in [-0.05, 0) is 0 Å². The van der Waals surface area contributed by atoms with E-state index in [1.165, 1.54) is 6.08 Å². The van der Waals surface area contributed by atoms with Gasteiger partial charge in [0, 0.05) is 0 Å². The molecule has 0 unspecified atom stereocenters. The molecule has 3 nitrogen and oxygen atoms in total. The Kier molecular flexibility index (Phi) is 35.6. The largest absolute Gasteiger partial charge is 4.00 e. The van der Waals surface area contributed by atoms with Crippen molar-refractivity contribution in [1.29, 1.82) is 0 Å². The molecule has 0 aliphatic heterocycles. The van der Waals surface area contributed by atoms with Crippen molar-refractivity contribution in [1.82, 2.24) is 0 Å². The maximum Gasteiger partial charge on any atom is 4.00 e. The predicted molar refractivity (Wildman–Crippen MR) is 103 cm³/mol. The van der Waals surface area contributed by atoms with E-state index < -0.39 is 19.1 Å². The number of hydrogen-bond donors (Lipinski definition) is 0. The Balaban J connectivity index is -0.000000122. The summed E-state index contributed by atoms with van der Waals surface area (Å²) in [5.41, 5.74) is 0. The van der Waals surface area contributed by atoms with Crippen molar-refractivity contribution < 1.29 is 36.7 Å². The van der Waals surface area contributed by atoms with Crippen LogP contribution in [0.25, 0.3) is 16.0 Å². The van der Waals surface area contributed by atoms with Gasteiger partial charge in [-0.15, -0.1) is 0 Å². The van der Waals surface area contributed by atoms with Crippen LogP contribution < -0.4 is 0 Å². The monoisotopic (exact) mass is 501 g/mol. The van der Waals surface area contributed by atoms with Gasteiger partial charge < -0.3 is 16.0 Å². The molecule has 25 heavy (non-hydrogen) atoms. The summed E-state index contributed by atoms with van der Waals surface area (Å²) in [6.07, 6.45) is 5.20. The smallest absolute Gasteiger partial charge is 4.00 e. The Morgan fingerprint density at radius 1 is 0.800 bits per heavy atom. The molecule has 146 valence electrons. The van der Waals surface area contributed by atoms with Gasteiger partial charge in [0.05, 0.1) is 0 Å². The summed E-state index contributed by atoms with van der Waals surface area (Å²) in [6, 6.07) is 0. The summed E-state index contributed by atoms with van der Waals surface area (Å²) in [6.45, 7) is 18.1. The Morgan fingerprint density at radius 2 is 1.12 bits per heavy atom. The third-order valence-electron chi connectivity index (χ3n) is 2.34. The molecule has 0 aromatic heterocycles. The minimum atomic E-state index is -5.96. The molecular weight excluding hydrogens is 467 g/mol. The summed E-state index contributed by atoms with van der Waals surface area (Å²) in [7, 11) is 0.